The average Bonchev–Trinajstić information content (AvgIpc) is 3.02. The smallest absolute Gasteiger partial charge is 0.303 e. The van der Waals surface area contributed by atoms with E-state index in [0.717, 1.165) is 32.4 Å². The number of aryl methyl sites for hydroxylation is 1. The molecule has 2 N–H and O–H groups in total. The van der Waals surface area contributed by atoms with Gasteiger partial charge in [-0.2, -0.15) is 0 Å². The molecule has 128 valence electrons. The number of carboxylic acids is 1. The van der Waals surface area contributed by atoms with Crippen molar-refractivity contribution in [1.82, 2.24) is 20.3 Å². The highest BCUT2D eigenvalue weighted by Gasteiger charge is 2.33. The maximum Gasteiger partial charge on any atom is 0.303 e. The molecule has 1 aromatic rings. The van der Waals surface area contributed by atoms with Crippen molar-refractivity contribution in [2.45, 2.75) is 52.0 Å². The zero-order chi connectivity index (χ0) is 16.8. The predicted octanol–water partition coefficient (Wildman–Crippen LogP) is 1.45. The van der Waals surface area contributed by atoms with Gasteiger partial charge in [-0.15, -0.1) is 5.10 Å². The van der Waals surface area contributed by atoms with Crippen LogP contribution < -0.4 is 5.32 Å². The Morgan fingerprint density at radius 2 is 2.13 bits per heavy atom. The van der Waals surface area contributed by atoms with E-state index in [4.69, 9.17) is 5.11 Å². The number of carbonyl (C=O) groups is 2. The molecule has 23 heavy (non-hydrogen) atoms. The molecule has 0 spiro atoms. The highest BCUT2D eigenvalue weighted by Crippen LogP contribution is 2.28. The molecule has 1 fully saturated rings. The molecule has 7 nitrogen and oxygen atoms in total. The van der Waals surface area contributed by atoms with Gasteiger partial charge < -0.3 is 10.4 Å². The lowest BCUT2D eigenvalue weighted by Gasteiger charge is -2.28. The number of carbonyl (C=O) groups excluding carboxylic acids is 1. The van der Waals surface area contributed by atoms with Crippen molar-refractivity contribution in [1.29, 1.82) is 0 Å². The first-order valence-electron chi connectivity index (χ1n) is 8.39. The van der Waals surface area contributed by atoms with Gasteiger partial charge in [-0.05, 0) is 31.8 Å². The highest BCUT2D eigenvalue weighted by atomic mass is 16.4. The standard InChI is InChI=1S/C16H26N4O3/c1-3-11(2)15(16(23)12-6-8-17-9-7-12)20-10-13(18-19-20)4-5-14(21)22/h10-12,15,17H,3-9H2,1-2H3,(H,21,22)/t11-,15?/m1/s1. The average molecular weight is 322 g/mol. The first-order chi connectivity index (χ1) is 11.0. The first kappa shape index (κ1) is 17.6. The van der Waals surface area contributed by atoms with Gasteiger partial charge in [0.25, 0.3) is 0 Å². The third-order valence-corrected chi connectivity index (χ3v) is 4.65. The molecule has 1 aromatic heterocycles. The van der Waals surface area contributed by atoms with Crippen LogP contribution in [0.2, 0.25) is 0 Å². The van der Waals surface area contributed by atoms with Crippen molar-refractivity contribution in [3.05, 3.63) is 11.9 Å². The SMILES string of the molecule is CC[C@@H](C)C(C(=O)C1CCNCC1)n1cc(CCC(=O)O)nn1. The zero-order valence-corrected chi connectivity index (χ0v) is 13.9. The number of hydrogen-bond donors (Lipinski definition) is 2. The Morgan fingerprint density at radius 3 is 2.74 bits per heavy atom. The molecule has 2 rings (SSSR count). The van der Waals surface area contributed by atoms with E-state index in [2.05, 4.69) is 29.5 Å². The molecular weight excluding hydrogens is 296 g/mol. The Balaban J connectivity index is 2.14. The summed E-state index contributed by atoms with van der Waals surface area (Å²) in [5.74, 6) is -0.382. The van der Waals surface area contributed by atoms with Crippen molar-refractivity contribution >= 4 is 11.8 Å². The van der Waals surface area contributed by atoms with Crippen molar-refractivity contribution in [3.8, 4) is 0 Å². The molecule has 7 heteroatoms. The minimum atomic E-state index is -0.858. The second kappa shape index (κ2) is 8.19. The zero-order valence-electron chi connectivity index (χ0n) is 13.9. The molecule has 1 aliphatic heterocycles. The Hall–Kier alpha value is -1.76. The summed E-state index contributed by atoms with van der Waals surface area (Å²) in [7, 11) is 0. The van der Waals surface area contributed by atoms with Gasteiger partial charge in [0.1, 0.15) is 6.04 Å². The van der Waals surface area contributed by atoms with Gasteiger partial charge in [0.05, 0.1) is 12.1 Å². The maximum atomic E-state index is 13.0. The van der Waals surface area contributed by atoms with E-state index in [1.165, 1.54) is 0 Å². The summed E-state index contributed by atoms with van der Waals surface area (Å²) in [6.45, 7) is 5.88. The number of aromatic nitrogens is 3. The highest BCUT2D eigenvalue weighted by molar-refractivity contribution is 5.85. The van der Waals surface area contributed by atoms with Gasteiger partial charge in [0, 0.05) is 18.5 Å². The maximum absolute atomic E-state index is 13.0. The van der Waals surface area contributed by atoms with Crippen LogP contribution in [-0.2, 0) is 16.0 Å². The Bertz CT molecular complexity index is 537. The fraction of sp³-hybridized carbons (Fsp3) is 0.750. The van der Waals surface area contributed by atoms with Crippen LogP contribution in [0, 0.1) is 11.8 Å². The van der Waals surface area contributed by atoms with E-state index in [9.17, 15) is 9.59 Å². The summed E-state index contributed by atoms with van der Waals surface area (Å²) in [5.41, 5.74) is 0.624. The monoisotopic (exact) mass is 322 g/mol. The van der Waals surface area contributed by atoms with Crippen LogP contribution in [0.15, 0.2) is 6.20 Å². The van der Waals surface area contributed by atoms with Crippen LogP contribution in [0.5, 0.6) is 0 Å². The van der Waals surface area contributed by atoms with Crippen molar-refractivity contribution in [2.24, 2.45) is 11.8 Å². The summed E-state index contributed by atoms with van der Waals surface area (Å²) < 4.78 is 1.65. The third-order valence-electron chi connectivity index (χ3n) is 4.65. The lowest BCUT2D eigenvalue weighted by molar-refractivity contribution is -0.137. The fourth-order valence-corrected chi connectivity index (χ4v) is 3.04. The predicted molar refractivity (Wildman–Crippen MR) is 85.1 cm³/mol. The quantitative estimate of drug-likeness (QED) is 0.752. The molecule has 0 saturated carbocycles. The molecule has 0 aliphatic carbocycles. The summed E-state index contributed by atoms with van der Waals surface area (Å²) >= 11 is 0. The van der Waals surface area contributed by atoms with Crippen LogP contribution in [0.3, 0.4) is 0 Å². The van der Waals surface area contributed by atoms with E-state index in [-0.39, 0.29) is 30.1 Å². The second-order valence-electron chi connectivity index (χ2n) is 6.34. The number of nitrogens with one attached hydrogen (secondary N) is 1. The van der Waals surface area contributed by atoms with E-state index in [1.54, 1.807) is 10.9 Å². The molecule has 1 aliphatic rings. The van der Waals surface area contributed by atoms with E-state index in [1.807, 2.05) is 0 Å². The summed E-state index contributed by atoms with van der Waals surface area (Å²) in [5, 5.41) is 20.2. The third kappa shape index (κ3) is 4.60. The fourth-order valence-electron chi connectivity index (χ4n) is 3.04. The summed E-state index contributed by atoms with van der Waals surface area (Å²) in [6.07, 6.45) is 4.71. The minimum absolute atomic E-state index is 0.0228. The summed E-state index contributed by atoms with van der Waals surface area (Å²) in [6, 6.07) is -0.311. The molecule has 2 atom stereocenters. The number of ketones is 1. The Morgan fingerprint density at radius 1 is 1.43 bits per heavy atom. The molecule has 0 bridgehead atoms. The number of hydrogen-bond acceptors (Lipinski definition) is 5. The number of piperidine rings is 1. The van der Waals surface area contributed by atoms with Gasteiger partial charge in [-0.25, -0.2) is 4.68 Å². The van der Waals surface area contributed by atoms with Gasteiger partial charge >= 0.3 is 5.97 Å². The number of rotatable bonds is 8. The van der Waals surface area contributed by atoms with Crippen LogP contribution in [0.1, 0.15) is 51.3 Å². The second-order valence-corrected chi connectivity index (χ2v) is 6.34. The van der Waals surface area contributed by atoms with E-state index in [0.29, 0.717) is 12.1 Å². The largest absolute Gasteiger partial charge is 0.481 e. The molecule has 2 heterocycles. The topological polar surface area (TPSA) is 97.1 Å². The minimum Gasteiger partial charge on any atom is -0.481 e. The number of nitrogens with zero attached hydrogens (tertiary/aromatic N) is 3. The van der Waals surface area contributed by atoms with Crippen molar-refractivity contribution < 1.29 is 14.7 Å². The Kier molecular flexibility index (Phi) is 6.27. The Labute approximate surface area is 136 Å². The van der Waals surface area contributed by atoms with Crippen molar-refractivity contribution in [2.75, 3.05) is 13.1 Å². The number of aliphatic carboxylic acids is 1. The van der Waals surface area contributed by atoms with Gasteiger partial charge in [0.2, 0.25) is 0 Å². The van der Waals surface area contributed by atoms with Crippen LogP contribution >= 0.6 is 0 Å². The number of Topliss-reactive ketones (excluding diaryl/α,β-unsaturated/α-hetero) is 1. The van der Waals surface area contributed by atoms with Crippen LogP contribution in [0.4, 0.5) is 0 Å². The van der Waals surface area contributed by atoms with Crippen molar-refractivity contribution in [3.63, 3.8) is 0 Å². The summed E-state index contributed by atoms with van der Waals surface area (Å²) in [4.78, 5) is 23.6. The lowest BCUT2D eigenvalue weighted by Crippen LogP contribution is -2.37. The van der Waals surface area contributed by atoms with E-state index >= 15 is 0 Å². The van der Waals surface area contributed by atoms with E-state index < -0.39 is 5.97 Å². The van der Waals surface area contributed by atoms with Crippen LogP contribution in [-0.4, -0.2) is 44.9 Å². The normalized spacial score (nSPS) is 18.5. The van der Waals surface area contributed by atoms with Gasteiger partial charge in [-0.3, -0.25) is 9.59 Å². The lowest BCUT2D eigenvalue weighted by atomic mass is 9.84. The molecule has 1 unspecified atom stereocenters. The molecule has 0 amide bonds. The first-order valence-corrected chi connectivity index (χ1v) is 8.39. The number of carboxylic acid groups (broad SMARTS) is 1. The molecule has 1 saturated heterocycles. The molecule has 0 radical (unpaired) electrons. The molecular formula is C16H26N4O3. The van der Waals surface area contributed by atoms with Gasteiger partial charge in [0.15, 0.2) is 5.78 Å². The molecule has 0 aromatic carbocycles. The van der Waals surface area contributed by atoms with Crippen LogP contribution in [0.25, 0.3) is 0 Å². The van der Waals surface area contributed by atoms with Gasteiger partial charge in [-0.1, -0.05) is 25.5 Å².